The molecule has 2 aromatic carbocycles. The Morgan fingerprint density at radius 1 is 1.20 bits per heavy atom. The summed E-state index contributed by atoms with van der Waals surface area (Å²) in [6.07, 6.45) is 1.89. The minimum absolute atomic E-state index is 0.0218. The molecule has 0 unspecified atom stereocenters. The number of phenolic OH excluding ortho intramolecular Hbond substituents is 1. The molecule has 0 spiro atoms. The fraction of sp³-hybridized carbons (Fsp3) is 0.353. The van der Waals surface area contributed by atoms with Gasteiger partial charge in [0.25, 0.3) is 5.91 Å². The molecular formula is C17H21NO2. The Kier molecular flexibility index (Phi) is 3.98. The predicted molar refractivity (Wildman–Crippen MR) is 82.1 cm³/mol. The van der Waals surface area contributed by atoms with Gasteiger partial charge in [0, 0.05) is 5.54 Å². The smallest absolute Gasteiger partial charge is 0.255 e. The molecule has 0 radical (unpaired) electrons. The third-order valence-electron chi connectivity index (χ3n) is 3.44. The van der Waals surface area contributed by atoms with Gasteiger partial charge in [0.2, 0.25) is 0 Å². The van der Waals surface area contributed by atoms with Crippen LogP contribution >= 0.6 is 0 Å². The van der Waals surface area contributed by atoms with Crippen LogP contribution in [0, 0.1) is 0 Å². The van der Waals surface area contributed by atoms with Crippen LogP contribution in [0.2, 0.25) is 0 Å². The van der Waals surface area contributed by atoms with Crippen LogP contribution < -0.4 is 5.32 Å². The summed E-state index contributed by atoms with van der Waals surface area (Å²) in [5.41, 5.74) is 0.0528. The van der Waals surface area contributed by atoms with Crippen molar-refractivity contribution in [2.24, 2.45) is 0 Å². The second kappa shape index (κ2) is 5.53. The molecule has 0 bridgehead atoms. The van der Waals surface area contributed by atoms with E-state index in [2.05, 4.69) is 12.2 Å². The zero-order valence-electron chi connectivity index (χ0n) is 12.2. The molecule has 0 heterocycles. The number of hydrogen-bond donors (Lipinski definition) is 2. The summed E-state index contributed by atoms with van der Waals surface area (Å²) in [4.78, 5) is 12.3. The first-order valence-electron chi connectivity index (χ1n) is 6.97. The lowest BCUT2D eigenvalue weighted by Gasteiger charge is -2.26. The average molecular weight is 271 g/mol. The lowest BCUT2D eigenvalue weighted by molar-refractivity contribution is 0.0906. The van der Waals surface area contributed by atoms with Crippen molar-refractivity contribution in [1.29, 1.82) is 0 Å². The zero-order chi connectivity index (χ0) is 14.8. The van der Waals surface area contributed by atoms with Crippen molar-refractivity contribution < 1.29 is 9.90 Å². The van der Waals surface area contributed by atoms with Gasteiger partial charge in [-0.25, -0.2) is 0 Å². The lowest BCUT2D eigenvalue weighted by atomic mass is 9.97. The first kappa shape index (κ1) is 14.4. The second-order valence-corrected chi connectivity index (χ2v) is 5.80. The fourth-order valence-corrected chi connectivity index (χ4v) is 2.47. The summed E-state index contributed by atoms with van der Waals surface area (Å²) in [6.45, 7) is 6.07. The number of hydrogen-bond acceptors (Lipinski definition) is 2. The molecule has 3 nitrogen and oxygen atoms in total. The Labute approximate surface area is 119 Å². The minimum atomic E-state index is -0.274. The van der Waals surface area contributed by atoms with E-state index in [9.17, 15) is 9.90 Å². The predicted octanol–water partition coefficient (Wildman–Crippen LogP) is 3.85. The highest BCUT2D eigenvalue weighted by molar-refractivity contribution is 6.01. The number of carbonyl (C=O) groups is 1. The maximum atomic E-state index is 12.3. The highest BCUT2D eigenvalue weighted by atomic mass is 16.3. The van der Waals surface area contributed by atoms with Gasteiger partial charge < -0.3 is 10.4 Å². The molecule has 2 rings (SSSR count). The summed E-state index contributed by atoms with van der Waals surface area (Å²) in [5.74, 6) is -0.208. The molecule has 0 aromatic heterocycles. The highest BCUT2D eigenvalue weighted by Crippen LogP contribution is 2.25. The maximum absolute atomic E-state index is 12.3. The van der Waals surface area contributed by atoms with Gasteiger partial charge in [0.05, 0.1) is 5.56 Å². The quantitative estimate of drug-likeness (QED) is 0.887. The first-order valence-corrected chi connectivity index (χ1v) is 6.97. The van der Waals surface area contributed by atoms with Gasteiger partial charge in [0.15, 0.2) is 0 Å². The SMILES string of the molecule is CCCC(C)(C)NC(=O)c1cc2ccccc2cc1O. The molecule has 20 heavy (non-hydrogen) atoms. The van der Waals surface area contributed by atoms with Crippen molar-refractivity contribution in [3.63, 3.8) is 0 Å². The summed E-state index contributed by atoms with van der Waals surface area (Å²) in [6, 6.07) is 11.0. The van der Waals surface area contributed by atoms with E-state index < -0.39 is 0 Å². The number of phenols is 1. The van der Waals surface area contributed by atoms with Crippen molar-refractivity contribution >= 4 is 16.7 Å². The molecule has 106 valence electrons. The van der Waals surface area contributed by atoms with Crippen molar-refractivity contribution in [1.82, 2.24) is 5.32 Å². The average Bonchev–Trinajstić information content (AvgIpc) is 2.37. The van der Waals surface area contributed by atoms with Gasteiger partial charge in [-0.05, 0) is 43.2 Å². The van der Waals surface area contributed by atoms with Crippen molar-refractivity contribution in [2.45, 2.75) is 39.2 Å². The van der Waals surface area contributed by atoms with E-state index in [0.717, 1.165) is 23.6 Å². The second-order valence-electron chi connectivity index (χ2n) is 5.80. The third-order valence-corrected chi connectivity index (χ3v) is 3.44. The van der Waals surface area contributed by atoms with Gasteiger partial charge in [-0.2, -0.15) is 0 Å². The topological polar surface area (TPSA) is 49.3 Å². The van der Waals surface area contributed by atoms with Crippen LogP contribution in [-0.2, 0) is 0 Å². The van der Waals surface area contributed by atoms with E-state index in [4.69, 9.17) is 0 Å². The van der Waals surface area contributed by atoms with Crippen LogP contribution in [0.25, 0.3) is 10.8 Å². The number of nitrogens with one attached hydrogen (secondary N) is 1. The third kappa shape index (κ3) is 3.10. The van der Waals surface area contributed by atoms with E-state index in [1.807, 2.05) is 38.1 Å². The van der Waals surface area contributed by atoms with Crippen molar-refractivity contribution in [3.8, 4) is 5.75 Å². The fourth-order valence-electron chi connectivity index (χ4n) is 2.47. The van der Waals surface area contributed by atoms with E-state index in [-0.39, 0.29) is 17.2 Å². The van der Waals surface area contributed by atoms with Crippen LogP contribution in [0.3, 0.4) is 0 Å². The molecule has 0 aliphatic rings. The Hall–Kier alpha value is -2.03. The molecule has 2 aromatic rings. The highest BCUT2D eigenvalue weighted by Gasteiger charge is 2.22. The minimum Gasteiger partial charge on any atom is -0.507 e. The lowest BCUT2D eigenvalue weighted by Crippen LogP contribution is -2.43. The van der Waals surface area contributed by atoms with Crippen LogP contribution in [-0.4, -0.2) is 16.6 Å². The number of amides is 1. The van der Waals surface area contributed by atoms with E-state index >= 15 is 0 Å². The molecule has 0 fully saturated rings. The molecule has 2 N–H and O–H groups in total. The van der Waals surface area contributed by atoms with E-state index in [1.54, 1.807) is 12.1 Å². The van der Waals surface area contributed by atoms with Gasteiger partial charge in [0.1, 0.15) is 5.75 Å². The summed E-state index contributed by atoms with van der Waals surface area (Å²) in [7, 11) is 0. The number of carbonyl (C=O) groups excluding carboxylic acids is 1. The molecular weight excluding hydrogens is 250 g/mol. The molecule has 0 aliphatic carbocycles. The Bertz CT molecular complexity index is 632. The Morgan fingerprint density at radius 3 is 2.40 bits per heavy atom. The standard InChI is InChI=1S/C17H21NO2/c1-4-9-17(2,3)18-16(20)14-10-12-7-5-6-8-13(12)11-15(14)19/h5-8,10-11,19H,4,9H2,1-3H3,(H,18,20). The zero-order valence-corrected chi connectivity index (χ0v) is 12.2. The molecule has 1 amide bonds. The molecule has 0 saturated heterocycles. The first-order chi connectivity index (χ1) is 9.43. The van der Waals surface area contributed by atoms with E-state index in [0.29, 0.717) is 5.56 Å². The van der Waals surface area contributed by atoms with Crippen molar-refractivity contribution in [2.75, 3.05) is 0 Å². The normalized spacial score (nSPS) is 11.6. The van der Waals surface area contributed by atoms with E-state index in [1.165, 1.54) is 0 Å². The number of fused-ring (bicyclic) bond motifs is 1. The van der Waals surface area contributed by atoms with Crippen LogP contribution in [0.15, 0.2) is 36.4 Å². The van der Waals surface area contributed by atoms with Gasteiger partial charge in [-0.1, -0.05) is 37.6 Å². The summed E-state index contributed by atoms with van der Waals surface area (Å²) < 4.78 is 0. The monoisotopic (exact) mass is 271 g/mol. The summed E-state index contributed by atoms with van der Waals surface area (Å²) in [5, 5.41) is 14.9. The Morgan fingerprint density at radius 2 is 1.80 bits per heavy atom. The molecule has 3 heteroatoms. The number of aromatic hydroxyl groups is 1. The van der Waals surface area contributed by atoms with Gasteiger partial charge in [-0.15, -0.1) is 0 Å². The molecule has 0 atom stereocenters. The van der Waals surface area contributed by atoms with Crippen LogP contribution in [0.5, 0.6) is 5.75 Å². The molecule has 0 saturated carbocycles. The van der Waals surface area contributed by atoms with Crippen LogP contribution in [0.4, 0.5) is 0 Å². The van der Waals surface area contributed by atoms with Crippen molar-refractivity contribution in [3.05, 3.63) is 42.0 Å². The molecule has 0 aliphatic heterocycles. The van der Waals surface area contributed by atoms with Gasteiger partial charge >= 0.3 is 0 Å². The largest absolute Gasteiger partial charge is 0.507 e. The maximum Gasteiger partial charge on any atom is 0.255 e. The summed E-state index contributed by atoms with van der Waals surface area (Å²) >= 11 is 0. The Balaban J connectivity index is 2.32. The number of rotatable bonds is 4. The van der Waals surface area contributed by atoms with Crippen LogP contribution in [0.1, 0.15) is 44.0 Å². The number of benzene rings is 2. The van der Waals surface area contributed by atoms with Gasteiger partial charge in [-0.3, -0.25) is 4.79 Å².